The molecule has 11 heteroatoms. The highest BCUT2D eigenvalue weighted by Crippen LogP contribution is 2.13. The van der Waals surface area contributed by atoms with Crippen LogP contribution in [-0.4, -0.2) is 46.6 Å². The topological polar surface area (TPSA) is 151 Å². The first-order valence-electron chi connectivity index (χ1n) is 6.32. The Bertz CT molecular complexity index is 517. The molecule has 0 spiro atoms. The number of halogens is 3. The minimum Gasteiger partial charge on any atom is -0.475 e. The Hall–Kier alpha value is -2.56. The van der Waals surface area contributed by atoms with Gasteiger partial charge in [-0.05, 0) is 25.5 Å². The van der Waals surface area contributed by atoms with Gasteiger partial charge >= 0.3 is 12.1 Å². The fourth-order valence-electron chi connectivity index (χ4n) is 1.31. The quantitative estimate of drug-likeness (QED) is 0.493. The standard InChI is InChI=1S/C10H16N4O2.C2HF3O2/c11-4-1-2-8(9(12)15)14-10(16)7-3-5-13-6-7;3-2(4,5)1(6)7/h3,5-6,8,13H,1-2,4,11H2,(H2,12,15)(H,14,16);(H,6,7)/t8-;/m0./s1. The number of nitrogens with one attached hydrogen (secondary N) is 2. The molecular weight excluding hydrogens is 321 g/mol. The molecule has 0 fully saturated rings. The van der Waals surface area contributed by atoms with Crippen LogP contribution in [0.15, 0.2) is 18.5 Å². The first-order valence-corrected chi connectivity index (χ1v) is 6.32. The van der Waals surface area contributed by atoms with Crippen molar-refractivity contribution in [1.82, 2.24) is 10.3 Å². The molecule has 0 aliphatic rings. The average Bonchev–Trinajstić information content (AvgIpc) is 2.96. The van der Waals surface area contributed by atoms with Gasteiger partial charge in [-0.1, -0.05) is 0 Å². The van der Waals surface area contributed by atoms with Gasteiger partial charge in [0.25, 0.3) is 5.91 Å². The number of primary amides is 1. The van der Waals surface area contributed by atoms with Gasteiger partial charge in [0.05, 0.1) is 5.56 Å². The zero-order chi connectivity index (χ0) is 18.0. The van der Waals surface area contributed by atoms with Crippen LogP contribution in [0.3, 0.4) is 0 Å². The molecule has 0 aliphatic heterocycles. The summed E-state index contributed by atoms with van der Waals surface area (Å²) >= 11 is 0. The van der Waals surface area contributed by atoms with E-state index in [0.717, 1.165) is 0 Å². The van der Waals surface area contributed by atoms with Crippen LogP contribution in [0, 0.1) is 0 Å². The van der Waals surface area contributed by atoms with Crippen molar-refractivity contribution in [2.24, 2.45) is 11.5 Å². The van der Waals surface area contributed by atoms with Crippen LogP contribution >= 0.6 is 0 Å². The highest BCUT2D eigenvalue weighted by Gasteiger charge is 2.38. The maximum absolute atomic E-state index is 11.6. The van der Waals surface area contributed by atoms with E-state index in [1.165, 1.54) is 0 Å². The molecule has 0 saturated carbocycles. The van der Waals surface area contributed by atoms with Crippen molar-refractivity contribution in [3.05, 3.63) is 24.0 Å². The summed E-state index contributed by atoms with van der Waals surface area (Å²) in [5.74, 6) is -3.62. The van der Waals surface area contributed by atoms with E-state index in [1.807, 2.05) is 0 Å². The predicted octanol–water partition coefficient (Wildman–Crippen LogP) is -0.0294. The minimum atomic E-state index is -5.08. The first-order chi connectivity index (χ1) is 10.6. The number of carbonyl (C=O) groups is 3. The van der Waals surface area contributed by atoms with E-state index in [1.54, 1.807) is 18.5 Å². The van der Waals surface area contributed by atoms with E-state index in [0.29, 0.717) is 24.9 Å². The summed E-state index contributed by atoms with van der Waals surface area (Å²) in [6.45, 7) is 0.462. The van der Waals surface area contributed by atoms with Gasteiger partial charge in [0.1, 0.15) is 6.04 Å². The van der Waals surface area contributed by atoms with E-state index in [4.69, 9.17) is 21.4 Å². The third-order valence-electron chi connectivity index (χ3n) is 2.45. The third-order valence-corrected chi connectivity index (χ3v) is 2.45. The lowest BCUT2D eigenvalue weighted by Gasteiger charge is -2.14. The summed E-state index contributed by atoms with van der Waals surface area (Å²) in [7, 11) is 0. The third kappa shape index (κ3) is 8.46. The fraction of sp³-hybridized carbons (Fsp3) is 0.417. The number of rotatable bonds is 6. The van der Waals surface area contributed by atoms with Crippen molar-refractivity contribution in [3.8, 4) is 0 Å². The molecule has 8 nitrogen and oxygen atoms in total. The molecule has 0 bridgehead atoms. The lowest BCUT2D eigenvalue weighted by atomic mass is 10.1. The predicted molar refractivity (Wildman–Crippen MR) is 73.2 cm³/mol. The van der Waals surface area contributed by atoms with Gasteiger partial charge in [-0.15, -0.1) is 0 Å². The highest BCUT2D eigenvalue weighted by atomic mass is 19.4. The molecule has 2 amide bonds. The summed E-state index contributed by atoms with van der Waals surface area (Å²) in [6, 6.07) is 0.960. The van der Waals surface area contributed by atoms with Crippen molar-refractivity contribution in [2.75, 3.05) is 6.54 Å². The van der Waals surface area contributed by atoms with Gasteiger partial charge in [0, 0.05) is 12.4 Å². The van der Waals surface area contributed by atoms with E-state index in [2.05, 4.69) is 10.3 Å². The monoisotopic (exact) mass is 338 g/mol. The zero-order valence-electron chi connectivity index (χ0n) is 11.9. The number of aromatic amines is 1. The maximum Gasteiger partial charge on any atom is 0.490 e. The number of aromatic nitrogens is 1. The van der Waals surface area contributed by atoms with Crippen molar-refractivity contribution in [3.63, 3.8) is 0 Å². The normalized spacial score (nSPS) is 11.8. The number of alkyl halides is 3. The second-order valence-electron chi connectivity index (χ2n) is 4.26. The van der Waals surface area contributed by atoms with Gasteiger partial charge in [0.15, 0.2) is 0 Å². The molecule has 1 heterocycles. The van der Waals surface area contributed by atoms with Crippen LogP contribution in [-0.2, 0) is 9.59 Å². The van der Waals surface area contributed by atoms with Gasteiger partial charge in [-0.25, -0.2) is 4.79 Å². The van der Waals surface area contributed by atoms with Gasteiger partial charge in [-0.3, -0.25) is 9.59 Å². The smallest absolute Gasteiger partial charge is 0.475 e. The molecule has 1 atom stereocenters. The Morgan fingerprint density at radius 2 is 1.91 bits per heavy atom. The van der Waals surface area contributed by atoms with Crippen molar-refractivity contribution >= 4 is 17.8 Å². The number of carboxylic acid groups (broad SMARTS) is 1. The van der Waals surface area contributed by atoms with Gasteiger partial charge < -0.3 is 26.9 Å². The van der Waals surface area contributed by atoms with Crippen LogP contribution in [0.4, 0.5) is 13.2 Å². The molecule has 23 heavy (non-hydrogen) atoms. The zero-order valence-corrected chi connectivity index (χ0v) is 11.9. The second-order valence-corrected chi connectivity index (χ2v) is 4.26. The average molecular weight is 338 g/mol. The van der Waals surface area contributed by atoms with Crippen molar-refractivity contribution in [2.45, 2.75) is 25.1 Å². The van der Waals surface area contributed by atoms with Crippen LogP contribution < -0.4 is 16.8 Å². The van der Waals surface area contributed by atoms with Crippen LogP contribution in [0.2, 0.25) is 0 Å². The van der Waals surface area contributed by atoms with E-state index < -0.39 is 24.1 Å². The van der Waals surface area contributed by atoms with E-state index in [9.17, 15) is 22.8 Å². The minimum absolute atomic E-state index is 0.318. The second kappa shape index (κ2) is 9.46. The summed E-state index contributed by atoms with van der Waals surface area (Å²) in [5.41, 5.74) is 11.0. The molecular formula is C12H17F3N4O4. The Labute approximate surface area is 129 Å². The summed E-state index contributed by atoms with van der Waals surface area (Å²) in [5, 5.41) is 9.69. The molecule has 1 rings (SSSR count). The number of hydrogen-bond acceptors (Lipinski definition) is 4. The Morgan fingerprint density at radius 3 is 2.26 bits per heavy atom. The van der Waals surface area contributed by atoms with Crippen LogP contribution in [0.5, 0.6) is 0 Å². The van der Waals surface area contributed by atoms with Crippen LogP contribution in [0.25, 0.3) is 0 Å². The number of carbonyl (C=O) groups excluding carboxylic acids is 2. The largest absolute Gasteiger partial charge is 0.490 e. The molecule has 1 aromatic heterocycles. The first kappa shape index (κ1) is 20.4. The van der Waals surface area contributed by atoms with Crippen molar-refractivity contribution in [1.29, 1.82) is 0 Å². The number of carboxylic acids is 1. The fourth-order valence-corrected chi connectivity index (χ4v) is 1.31. The maximum atomic E-state index is 11.6. The van der Waals surface area contributed by atoms with Crippen molar-refractivity contribution < 1.29 is 32.7 Å². The molecule has 7 N–H and O–H groups in total. The number of H-pyrrole nitrogens is 1. The number of hydrogen-bond donors (Lipinski definition) is 5. The van der Waals surface area contributed by atoms with Crippen LogP contribution in [0.1, 0.15) is 23.2 Å². The Morgan fingerprint density at radius 1 is 1.35 bits per heavy atom. The highest BCUT2D eigenvalue weighted by molar-refractivity contribution is 5.97. The Kier molecular flexibility index (Phi) is 8.40. The molecule has 0 aliphatic carbocycles. The molecule has 130 valence electrons. The summed E-state index contributed by atoms with van der Waals surface area (Å²) in [4.78, 5) is 34.3. The molecule has 1 aromatic rings. The SMILES string of the molecule is NCCC[C@H](NC(=O)c1cc[nH]c1)C(N)=O.O=C(O)C(F)(F)F. The lowest BCUT2D eigenvalue weighted by Crippen LogP contribution is -2.44. The molecule has 0 saturated heterocycles. The van der Waals surface area contributed by atoms with Gasteiger partial charge in [0.2, 0.25) is 5.91 Å². The Balaban J connectivity index is 0.000000585. The number of amides is 2. The summed E-state index contributed by atoms with van der Waals surface area (Å²) in [6.07, 6.45) is -0.798. The number of nitrogens with two attached hydrogens (primary N) is 2. The molecule has 0 radical (unpaired) electrons. The molecule has 0 unspecified atom stereocenters. The van der Waals surface area contributed by atoms with Gasteiger partial charge in [-0.2, -0.15) is 13.2 Å². The molecule has 0 aromatic carbocycles. The number of aliphatic carboxylic acids is 1. The van der Waals surface area contributed by atoms with E-state index in [-0.39, 0.29) is 5.91 Å². The van der Waals surface area contributed by atoms with E-state index >= 15 is 0 Å². The summed E-state index contributed by atoms with van der Waals surface area (Å²) < 4.78 is 31.7. The lowest BCUT2D eigenvalue weighted by molar-refractivity contribution is -0.192.